The summed E-state index contributed by atoms with van der Waals surface area (Å²) in [5, 5.41) is 18.1. The van der Waals surface area contributed by atoms with Crippen molar-refractivity contribution < 1.29 is 9.53 Å². The zero-order chi connectivity index (χ0) is 19.0. The van der Waals surface area contributed by atoms with Gasteiger partial charge in [0.1, 0.15) is 0 Å². The van der Waals surface area contributed by atoms with Crippen LogP contribution in [0, 0.1) is 0 Å². The Labute approximate surface area is 166 Å². The maximum atomic E-state index is 11.4. The summed E-state index contributed by atoms with van der Waals surface area (Å²) in [6.45, 7) is 0. The lowest BCUT2D eigenvalue weighted by Crippen LogP contribution is -2.06. The van der Waals surface area contributed by atoms with E-state index in [1.807, 2.05) is 11.4 Å². The number of hydrogen-bond donors (Lipinski definition) is 1. The Bertz CT molecular complexity index is 1140. The number of halogens is 2. The van der Waals surface area contributed by atoms with Crippen molar-refractivity contribution in [2.75, 3.05) is 12.4 Å². The van der Waals surface area contributed by atoms with Crippen LogP contribution in [-0.4, -0.2) is 37.9 Å². The first kappa shape index (κ1) is 17.7. The maximum absolute atomic E-state index is 11.4. The number of methoxy groups -OCH3 is 1. The highest BCUT2D eigenvalue weighted by atomic mass is 35.5. The van der Waals surface area contributed by atoms with Crippen LogP contribution in [0.1, 0.15) is 10.5 Å². The largest absolute Gasteiger partial charge is 0.464 e. The molecule has 1 N–H and O–H groups in total. The summed E-state index contributed by atoms with van der Waals surface area (Å²) in [5.74, 6) is 0.180. The molecule has 0 radical (unpaired) electrons. The van der Waals surface area contributed by atoms with Crippen LogP contribution in [0.2, 0.25) is 10.0 Å². The molecule has 11 heteroatoms. The Morgan fingerprint density at radius 2 is 2.07 bits per heavy atom. The number of benzene rings is 1. The van der Waals surface area contributed by atoms with Gasteiger partial charge in [0.05, 0.1) is 17.8 Å². The number of ether oxygens (including phenoxy) is 1. The molecule has 0 aliphatic carbocycles. The highest BCUT2D eigenvalue weighted by Gasteiger charge is 2.15. The molecule has 0 aliphatic heterocycles. The molecule has 0 saturated carbocycles. The van der Waals surface area contributed by atoms with E-state index in [4.69, 9.17) is 23.2 Å². The number of carbonyl (C=O) groups is 1. The van der Waals surface area contributed by atoms with Crippen LogP contribution in [0.4, 0.5) is 11.8 Å². The standard InChI is InChI=1S/C16H10Cl2N6O2S/c1-26-14(25)11-4-5-13(22-21-11)19-15-20-16-24(23-15)12(7-27-16)9-3-2-8(17)6-10(9)18/h2-7H,1H3,(H,19,22,23). The summed E-state index contributed by atoms with van der Waals surface area (Å²) in [7, 11) is 1.28. The van der Waals surface area contributed by atoms with Crippen LogP contribution in [-0.2, 0) is 4.74 Å². The van der Waals surface area contributed by atoms with Crippen LogP contribution >= 0.6 is 34.5 Å². The lowest BCUT2D eigenvalue weighted by atomic mass is 10.2. The molecular weight excluding hydrogens is 411 g/mol. The summed E-state index contributed by atoms with van der Waals surface area (Å²) in [6, 6.07) is 8.36. The molecule has 0 saturated heterocycles. The van der Waals surface area contributed by atoms with Crippen molar-refractivity contribution >= 4 is 57.2 Å². The quantitative estimate of drug-likeness (QED) is 0.496. The number of nitrogens with zero attached hydrogens (tertiary/aromatic N) is 5. The van der Waals surface area contributed by atoms with E-state index in [9.17, 15) is 4.79 Å². The van der Waals surface area contributed by atoms with Crippen molar-refractivity contribution in [2.45, 2.75) is 0 Å². The fourth-order valence-corrected chi connectivity index (χ4v) is 3.67. The van der Waals surface area contributed by atoms with E-state index in [1.54, 1.807) is 22.7 Å². The monoisotopic (exact) mass is 420 g/mol. The Balaban J connectivity index is 1.63. The van der Waals surface area contributed by atoms with Gasteiger partial charge in [0, 0.05) is 16.0 Å². The average molecular weight is 421 g/mol. The molecule has 3 heterocycles. The molecule has 0 fully saturated rings. The molecule has 4 aromatic rings. The topological polar surface area (TPSA) is 94.3 Å². The van der Waals surface area contributed by atoms with Gasteiger partial charge in [-0.25, -0.2) is 9.31 Å². The minimum absolute atomic E-state index is 0.112. The van der Waals surface area contributed by atoms with E-state index in [0.29, 0.717) is 26.8 Å². The lowest BCUT2D eigenvalue weighted by Gasteiger charge is -2.03. The van der Waals surface area contributed by atoms with Crippen molar-refractivity contribution in [3.05, 3.63) is 51.5 Å². The second-order valence-electron chi connectivity index (χ2n) is 5.30. The molecule has 0 amide bonds. The van der Waals surface area contributed by atoms with Crippen molar-refractivity contribution in [3.8, 4) is 11.3 Å². The van der Waals surface area contributed by atoms with Crippen LogP contribution in [0.25, 0.3) is 16.2 Å². The van der Waals surface area contributed by atoms with Gasteiger partial charge in [0.15, 0.2) is 11.5 Å². The molecule has 8 nitrogen and oxygen atoms in total. The Morgan fingerprint density at radius 1 is 1.22 bits per heavy atom. The summed E-state index contributed by atoms with van der Waals surface area (Å²) >= 11 is 13.7. The van der Waals surface area contributed by atoms with E-state index >= 15 is 0 Å². The minimum atomic E-state index is -0.556. The summed E-state index contributed by atoms with van der Waals surface area (Å²) in [6.07, 6.45) is 0. The van der Waals surface area contributed by atoms with E-state index in [-0.39, 0.29) is 5.69 Å². The van der Waals surface area contributed by atoms with Gasteiger partial charge in [0.2, 0.25) is 10.9 Å². The SMILES string of the molecule is COC(=O)c1ccc(Nc2nc3scc(-c4ccc(Cl)cc4Cl)n3n2)nn1. The van der Waals surface area contributed by atoms with E-state index < -0.39 is 5.97 Å². The van der Waals surface area contributed by atoms with Gasteiger partial charge in [0.25, 0.3) is 0 Å². The number of fused-ring (bicyclic) bond motifs is 1. The van der Waals surface area contributed by atoms with Gasteiger partial charge in [-0.2, -0.15) is 4.98 Å². The van der Waals surface area contributed by atoms with Gasteiger partial charge in [-0.3, -0.25) is 0 Å². The number of hydrogen-bond acceptors (Lipinski definition) is 8. The highest BCUT2D eigenvalue weighted by molar-refractivity contribution is 7.15. The number of anilines is 2. The Kier molecular flexibility index (Phi) is 4.65. The molecule has 27 heavy (non-hydrogen) atoms. The minimum Gasteiger partial charge on any atom is -0.464 e. The third kappa shape index (κ3) is 3.44. The van der Waals surface area contributed by atoms with Gasteiger partial charge >= 0.3 is 5.97 Å². The summed E-state index contributed by atoms with van der Waals surface area (Å²) in [4.78, 5) is 16.5. The zero-order valence-corrected chi connectivity index (χ0v) is 16.0. The maximum Gasteiger partial charge on any atom is 0.358 e. The second kappa shape index (κ2) is 7.10. The third-order valence-corrected chi connectivity index (χ3v) is 4.95. The Morgan fingerprint density at radius 3 is 2.78 bits per heavy atom. The summed E-state index contributed by atoms with van der Waals surface area (Å²) < 4.78 is 6.27. The molecule has 0 aliphatic rings. The number of aromatic nitrogens is 5. The molecule has 0 spiro atoms. The van der Waals surface area contributed by atoms with E-state index in [2.05, 4.69) is 30.3 Å². The van der Waals surface area contributed by atoms with Crippen molar-refractivity contribution in [1.29, 1.82) is 0 Å². The van der Waals surface area contributed by atoms with Gasteiger partial charge < -0.3 is 10.1 Å². The molecule has 0 atom stereocenters. The molecule has 4 rings (SSSR count). The molecule has 136 valence electrons. The van der Waals surface area contributed by atoms with Crippen molar-refractivity contribution in [1.82, 2.24) is 24.8 Å². The van der Waals surface area contributed by atoms with Crippen LogP contribution < -0.4 is 5.32 Å². The number of thiazole rings is 1. The zero-order valence-electron chi connectivity index (χ0n) is 13.7. The number of esters is 1. The van der Waals surface area contributed by atoms with E-state index in [0.717, 1.165) is 11.3 Å². The first-order chi connectivity index (χ1) is 13.0. The average Bonchev–Trinajstić information content (AvgIpc) is 3.22. The second-order valence-corrected chi connectivity index (χ2v) is 6.98. The predicted octanol–water partition coefficient (Wildman–Crippen LogP) is 4.08. The highest BCUT2D eigenvalue weighted by Crippen LogP contribution is 2.33. The molecular formula is C16H10Cl2N6O2S. The predicted molar refractivity (Wildman–Crippen MR) is 103 cm³/mol. The third-order valence-electron chi connectivity index (χ3n) is 3.59. The fourth-order valence-electron chi connectivity index (χ4n) is 2.34. The molecule has 0 unspecified atom stereocenters. The van der Waals surface area contributed by atoms with E-state index in [1.165, 1.54) is 24.5 Å². The summed E-state index contributed by atoms with van der Waals surface area (Å²) in [5.41, 5.74) is 1.71. The molecule has 0 bridgehead atoms. The van der Waals surface area contributed by atoms with Crippen molar-refractivity contribution in [2.24, 2.45) is 0 Å². The van der Waals surface area contributed by atoms with Crippen molar-refractivity contribution in [3.63, 3.8) is 0 Å². The van der Waals surface area contributed by atoms with Gasteiger partial charge in [-0.15, -0.1) is 26.6 Å². The first-order valence-electron chi connectivity index (χ1n) is 7.54. The first-order valence-corrected chi connectivity index (χ1v) is 9.17. The Hall–Kier alpha value is -2.75. The number of carbonyl (C=O) groups excluding carboxylic acids is 1. The molecule has 3 aromatic heterocycles. The van der Waals surface area contributed by atoms with Crippen LogP contribution in [0.3, 0.4) is 0 Å². The number of nitrogens with one attached hydrogen (secondary N) is 1. The normalized spacial score (nSPS) is 10.9. The molecule has 1 aromatic carbocycles. The lowest BCUT2D eigenvalue weighted by molar-refractivity contribution is 0.0593. The van der Waals surface area contributed by atoms with Crippen LogP contribution in [0.15, 0.2) is 35.7 Å². The number of rotatable bonds is 4. The van der Waals surface area contributed by atoms with Gasteiger partial charge in [-0.05, 0) is 30.3 Å². The van der Waals surface area contributed by atoms with Crippen LogP contribution in [0.5, 0.6) is 0 Å². The van der Waals surface area contributed by atoms with Gasteiger partial charge in [-0.1, -0.05) is 23.2 Å². The fraction of sp³-hybridized carbons (Fsp3) is 0.0625. The smallest absolute Gasteiger partial charge is 0.358 e.